The lowest BCUT2D eigenvalue weighted by molar-refractivity contribution is 0.224. The van der Waals surface area contributed by atoms with Gasteiger partial charge in [-0.1, -0.05) is 6.92 Å². The fraction of sp³-hybridized carbons (Fsp3) is 0.889. The molecule has 2 nitrogen and oxygen atoms in total. The van der Waals surface area contributed by atoms with Gasteiger partial charge in [0.25, 0.3) is 0 Å². The van der Waals surface area contributed by atoms with E-state index in [0.29, 0.717) is 0 Å². The zero-order chi connectivity index (χ0) is 9.03. The van der Waals surface area contributed by atoms with Crippen LogP contribution < -0.4 is 0 Å². The van der Waals surface area contributed by atoms with Gasteiger partial charge in [0.05, 0.1) is 6.07 Å². The van der Waals surface area contributed by atoms with Crippen molar-refractivity contribution in [1.29, 1.82) is 5.26 Å². The third-order valence-electron chi connectivity index (χ3n) is 2.30. The topological polar surface area (TPSA) is 44.0 Å². The predicted octanol–water partition coefficient (Wildman–Crippen LogP) is 1.79. The summed E-state index contributed by atoms with van der Waals surface area (Å²) >= 11 is 1.76. The number of rotatable bonds is 3. The van der Waals surface area contributed by atoms with Crippen LogP contribution in [0.2, 0.25) is 0 Å². The molecule has 1 N–H and O–H groups in total. The van der Waals surface area contributed by atoms with Crippen molar-refractivity contribution >= 4 is 11.8 Å². The van der Waals surface area contributed by atoms with Gasteiger partial charge in [0.1, 0.15) is 4.75 Å². The Hall–Kier alpha value is -0.200. The maximum Gasteiger partial charge on any atom is 0.103 e. The van der Waals surface area contributed by atoms with Crippen LogP contribution in [0.15, 0.2) is 0 Å². The zero-order valence-electron chi connectivity index (χ0n) is 7.42. The summed E-state index contributed by atoms with van der Waals surface area (Å²) in [6, 6.07) is 2.39. The van der Waals surface area contributed by atoms with Crippen molar-refractivity contribution < 1.29 is 5.11 Å². The number of thioether (sulfide) groups is 1. The minimum absolute atomic E-state index is 0.178. The molecule has 68 valence electrons. The molecule has 1 aliphatic rings. The van der Waals surface area contributed by atoms with Gasteiger partial charge in [0.2, 0.25) is 0 Å². The highest BCUT2D eigenvalue weighted by molar-refractivity contribution is 8.01. The fourth-order valence-corrected chi connectivity index (χ4v) is 3.05. The van der Waals surface area contributed by atoms with Crippen molar-refractivity contribution in [3.8, 4) is 6.07 Å². The van der Waals surface area contributed by atoms with Crippen molar-refractivity contribution in [2.24, 2.45) is 5.92 Å². The van der Waals surface area contributed by atoms with Crippen LogP contribution in [0.4, 0.5) is 0 Å². The zero-order valence-corrected chi connectivity index (χ0v) is 8.23. The summed E-state index contributed by atoms with van der Waals surface area (Å²) in [5.74, 6) is 1.36. The normalized spacial score (nSPS) is 31.4. The summed E-state index contributed by atoms with van der Waals surface area (Å²) in [7, 11) is 0. The minimum Gasteiger partial charge on any atom is -0.396 e. The van der Waals surface area contributed by atoms with Gasteiger partial charge in [0, 0.05) is 6.61 Å². The molecule has 1 aliphatic heterocycles. The molecule has 2 atom stereocenters. The van der Waals surface area contributed by atoms with Crippen LogP contribution in [-0.2, 0) is 0 Å². The molecular formula is C9H15NOS. The van der Waals surface area contributed by atoms with Crippen LogP contribution >= 0.6 is 11.8 Å². The average molecular weight is 185 g/mol. The quantitative estimate of drug-likeness (QED) is 0.729. The van der Waals surface area contributed by atoms with Crippen LogP contribution in [0.25, 0.3) is 0 Å². The summed E-state index contributed by atoms with van der Waals surface area (Å²) in [5, 5.41) is 17.9. The van der Waals surface area contributed by atoms with E-state index in [0.717, 1.165) is 25.0 Å². The summed E-state index contributed by atoms with van der Waals surface area (Å²) in [6.07, 6.45) is 2.99. The van der Waals surface area contributed by atoms with Crippen LogP contribution in [0.3, 0.4) is 0 Å². The van der Waals surface area contributed by atoms with Crippen LogP contribution in [0, 0.1) is 17.2 Å². The second-order valence-corrected chi connectivity index (χ2v) is 5.03. The smallest absolute Gasteiger partial charge is 0.103 e. The molecule has 1 rings (SSSR count). The average Bonchev–Trinajstić information content (AvgIpc) is 2.54. The van der Waals surface area contributed by atoms with Crippen LogP contribution in [0.5, 0.6) is 0 Å². The first-order chi connectivity index (χ1) is 5.72. The molecule has 12 heavy (non-hydrogen) atoms. The van der Waals surface area contributed by atoms with E-state index in [1.165, 1.54) is 0 Å². The van der Waals surface area contributed by atoms with E-state index in [1.54, 1.807) is 11.8 Å². The van der Waals surface area contributed by atoms with Crippen LogP contribution in [-0.4, -0.2) is 22.2 Å². The number of aliphatic hydroxyl groups is 1. The Kier molecular flexibility index (Phi) is 3.42. The van der Waals surface area contributed by atoms with Crippen molar-refractivity contribution in [2.45, 2.75) is 30.9 Å². The molecule has 3 heteroatoms. The van der Waals surface area contributed by atoms with E-state index >= 15 is 0 Å². The first-order valence-electron chi connectivity index (χ1n) is 4.38. The SMILES string of the molecule is CC(CO)CC1(C#N)CCCS1. The lowest BCUT2D eigenvalue weighted by atomic mass is 9.93. The van der Waals surface area contributed by atoms with E-state index < -0.39 is 0 Å². The Labute approximate surface area is 78.0 Å². The highest BCUT2D eigenvalue weighted by Gasteiger charge is 2.35. The van der Waals surface area contributed by atoms with Crippen molar-refractivity contribution in [3.05, 3.63) is 0 Å². The van der Waals surface area contributed by atoms with E-state index in [2.05, 4.69) is 6.07 Å². The van der Waals surface area contributed by atoms with Gasteiger partial charge in [-0.3, -0.25) is 0 Å². The molecule has 0 aliphatic carbocycles. The number of nitrogens with zero attached hydrogens (tertiary/aromatic N) is 1. The van der Waals surface area contributed by atoms with Gasteiger partial charge >= 0.3 is 0 Å². The monoisotopic (exact) mass is 185 g/mol. The number of hydrogen-bond donors (Lipinski definition) is 1. The number of nitriles is 1. The molecule has 0 bridgehead atoms. The number of hydrogen-bond acceptors (Lipinski definition) is 3. The van der Waals surface area contributed by atoms with Gasteiger partial charge in [0.15, 0.2) is 0 Å². The van der Waals surface area contributed by atoms with Gasteiger partial charge in [-0.2, -0.15) is 5.26 Å². The predicted molar refractivity (Wildman–Crippen MR) is 50.9 cm³/mol. The molecule has 0 radical (unpaired) electrons. The third-order valence-corrected chi connectivity index (χ3v) is 3.80. The van der Waals surface area contributed by atoms with Gasteiger partial charge in [-0.15, -0.1) is 11.8 Å². The third kappa shape index (κ3) is 2.15. The molecule has 0 saturated carbocycles. The van der Waals surface area contributed by atoms with Crippen molar-refractivity contribution in [1.82, 2.24) is 0 Å². The Morgan fingerprint density at radius 3 is 2.92 bits per heavy atom. The molecule has 0 aromatic heterocycles. The molecule has 1 heterocycles. The molecule has 0 spiro atoms. The van der Waals surface area contributed by atoms with Gasteiger partial charge in [-0.05, 0) is 30.9 Å². The Morgan fingerprint density at radius 2 is 2.50 bits per heavy atom. The first-order valence-corrected chi connectivity index (χ1v) is 5.37. The fourth-order valence-electron chi connectivity index (χ4n) is 1.62. The Morgan fingerprint density at radius 1 is 1.75 bits per heavy atom. The molecule has 2 unspecified atom stereocenters. The summed E-state index contributed by atoms with van der Waals surface area (Å²) < 4.78 is -0.178. The van der Waals surface area contributed by atoms with E-state index in [-0.39, 0.29) is 17.3 Å². The lowest BCUT2D eigenvalue weighted by Gasteiger charge is -2.22. The van der Waals surface area contributed by atoms with E-state index in [1.807, 2.05) is 6.92 Å². The molecule has 0 aromatic rings. The Balaban J connectivity index is 2.51. The molecule has 0 amide bonds. The highest BCUT2D eigenvalue weighted by Crippen LogP contribution is 2.42. The number of aliphatic hydroxyl groups excluding tert-OH is 1. The summed E-state index contributed by atoms with van der Waals surface area (Å²) in [6.45, 7) is 2.20. The summed E-state index contributed by atoms with van der Waals surface area (Å²) in [5.41, 5.74) is 0. The van der Waals surface area contributed by atoms with Crippen molar-refractivity contribution in [2.75, 3.05) is 12.4 Å². The summed E-state index contributed by atoms with van der Waals surface area (Å²) in [4.78, 5) is 0. The van der Waals surface area contributed by atoms with E-state index in [4.69, 9.17) is 10.4 Å². The van der Waals surface area contributed by atoms with Gasteiger partial charge < -0.3 is 5.11 Å². The largest absolute Gasteiger partial charge is 0.396 e. The molecule has 1 fully saturated rings. The Bertz CT molecular complexity index is 181. The lowest BCUT2D eigenvalue weighted by Crippen LogP contribution is -2.23. The van der Waals surface area contributed by atoms with Crippen molar-refractivity contribution in [3.63, 3.8) is 0 Å². The molecular weight excluding hydrogens is 170 g/mol. The molecule has 0 aromatic carbocycles. The van der Waals surface area contributed by atoms with E-state index in [9.17, 15) is 0 Å². The standard InChI is InChI=1S/C9H15NOS/c1-8(6-11)5-9(7-10)3-2-4-12-9/h8,11H,2-6H2,1H3. The second-order valence-electron chi connectivity index (χ2n) is 3.55. The minimum atomic E-state index is -0.178. The first kappa shape index (κ1) is 9.88. The van der Waals surface area contributed by atoms with Crippen LogP contribution in [0.1, 0.15) is 26.2 Å². The van der Waals surface area contributed by atoms with Gasteiger partial charge in [-0.25, -0.2) is 0 Å². The molecule has 1 saturated heterocycles. The maximum absolute atomic E-state index is 9.01. The second kappa shape index (κ2) is 4.15. The highest BCUT2D eigenvalue weighted by atomic mass is 32.2. The maximum atomic E-state index is 9.01.